The Balaban J connectivity index is 2.76. The van der Waals surface area contributed by atoms with Crippen molar-refractivity contribution in [2.45, 2.75) is 13.0 Å². The molecule has 5 nitrogen and oxygen atoms in total. The van der Waals surface area contributed by atoms with Gasteiger partial charge in [0.25, 0.3) is 5.69 Å². The van der Waals surface area contributed by atoms with Gasteiger partial charge >= 0.3 is 5.97 Å². The van der Waals surface area contributed by atoms with E-state index in [0.717, 1.165) is 0 Å². The molecule has 5 heteroatoms. The van der Waals surface area contributed by atoms with Crippen LogP contribution in [0.15, 0.2) is 24.3 Å². The minimum absolute atomic E-state index is 0.0145. The average molecular weight is 208 g/mol. The summed E-state index contributed by atoms with van der Waals surface area (Å²) in [5, 5.41) is 10.6. The van der Waals surface area contributed by atoms with Crippen molar-refractivity contribution in [3.8, 4) is 0 Å². The molecule has 0 fully saturated rings. The molecule has 0 amide bonds. The number of nitro groups is 1. The number of para-hydroxylation sites is 1. The summed E-state index contributed by atoms with van der Waals surface area (Å²) < 4.78 is 4.76. The maximum absolute atomic E-state index is 10.8. The first kappa shape index (κ1) is 11.2. The summed E-state index contributed by atoms with van der Waals surface area (Å²) in [5.41, 5.74) is 0.332. The Morgan fingerprint density at radius 1 is 1.47 bits per heavy atom. The van der Waals surface area contributed by atoms with Crippen molar-refractivity contribution in [1.82, 2.24) is 0 Å². The lowest BCUT2D eigenvalue weighted by atomic mass is 10.2. The maximum Gasteiger partial charge on any atom is 0.306 e. The van der Waals surface area contributed by atoms with Crippen molar-refractivity contribution < 1.29 is 14.5 Å². The number of hydrogen-bond acceptors (Lipinski definition) is 4. The van der Waals surface area contributed by atoms with Crippen molar-refractivity contribution in [1.29, 1.82) is 0 Å². The monoisotopic (exact) mass is 208 g/mol. The second-order valence-corrected chi connectivity index (χ2v) is 2.80. The van der Waals surface area contributed by atoms with Crippen LogP contribution >= 0.6 is 0 Å². The van der Waals surface area contributed by atoms with Crippen molar-refractivity contribution >= 4 is 11.7 Å². The van der Waals surface area contributed by atoms with E-state index in [1.54, 1.807) is 18.2 Å². The SMILES string of the molecule is [CH2]CC(=O)OCc1ccccc1[N+](=O)[O-]. The predicted molar refractivity (Wildman–Crippen MR) is 52.9 cm³/mol. The number of nitrogens with zero attached hydrogens (tertiary/aromatic N) is 1. The van der Waals surface area contributed by atoms with Crippen molar-refractivity contribution in [3.05, 3.63) is 46.9 Å². The van der Waals surface area contributed by atoms with Crippen LogP contribution in [0.1, 0.15) is 12.0 Å². The number of carbonyl (C=O) groups is 1. The van der Waals surface area contributed by atoms with E-state index in [4.69, 9.17) is 4.74 Å². The Kier molecular flexibility index (Phi) is 3.79. The van der Waals surface area contributed by atoms with Gasteiger partial charge in [-0.05, 0) is 13.0 Å². The smallest absolute Gasteiger partial charge is 0.306 e. The van der Waals surface area contributed by atoms with E-state index in [-0.39, 0.29) is 18.7 Å². The van der Waals surface area contributed by atoms with E-state index in [1.165, 1.54) is 6.07 Å². The molecule has 0 saturated carbocycles. The van der Waals surface area contributed by atoms with Crippen molar-refractivity contribution in [2.24, 2.45) is 0 Å². The molecule has 1 aromatic carbocycles. The summed E-state index contributed by atoms with van der Waals surface area (Å²) in [5.74, 6) is -0.479. The van der Waals surface area contributed by atoms with E-state index in [9.17, 15) is 14.9 Å². The molecule has 0 heterocycles. The number of hydrogen-bond donors (Lipinski definition) is 0. The quantitative estimate of drug-likeness (QED) is 0.430. The molecule has 1 radical (unpaired) electrons. The summed E-state index contributed by atoms with van der Waals surface area (Å²) >= 11 is 0. The fourth-order valence-electron chi connectivity index (χ4n) is 1.04. The zero-order valence-corrected chi connectivity index (χ0v) is 8.01. The van der Waals surface area contributed by atoms with E-state index in [2.05, 4.69) is 6.92 Å². The van der Waals surface area contributed by atoms with Crippen LogP contribution in [0.25, 0.3) is 0 Å². The average Bonchev–Trinajstić information content (AvgIpc) is 2.26. The van der Waals surface area contributed by atoms with E-state index in [1.807, 2.05) is 0 Å². The molecule has 0 aromatic heterocycles. The van der Waals surface area contributed by atoms with Crippen LogP contribution in [0, 0.1) is 17.0 Å². The Morgan fingerprint density at radius 3 is 2.73 bits per heavy atom. The predicted octanol–water partition coefficient (Wildman–Crippen LogP) is 1.86. The van der Waals surface area contributed by atoms with Crippen LogP contribution in [-0.2, 0) is 16.1 Å². The van der Waals surface area contributed by atoms with Gasteiger partial charge in [-0.1, -0.05) is 12.1 Å². The van der Waals surface area contributed by atoms with Gasteiger partial charge in [-0.25, -0.2) is 0 Å². The van der Waals surface area contributed by atoms with Gasteiger partial charge in [0, 0.05) is 12.5 Å². The van der Waals surface area contributed by atoms with Gasteiger partial charge in [-0.15, -0.1) is 0 Å². The number of carbonyl (C=O) groups excluding carboxylic acids is 1. The third-order valence-electron chi connectivity index (χ3n) is 1.78. The molecule has 0 spiro atoms. The van der Waals surface area contributed by atoms with Crippen LogP contribution in [0.4, 0.5) is 5.69 Å². The highest BCUT2D eigenvalue weighted by Crippen LogP contribution is 2.18. The fourth-order valence-corrected chi connectivity index (χ4v) is 1.04. The first-order valence-electron chi connectivity index (χ1n) is 4.32. The van der Waals surface area contributed by atoms with Crippen molar-refractivity contribution in [2.75, 3.05) is 0 Å². The Labute approximate surface area is 86.8 Å². The molecule has 0 aliphatic carbocycles. The van der Waals surface area contributed by atoms with Gasteiger partial charge < -0.3 is 4.74 Å². The van der Waals surface area contributed by atoms with Crippen LogP contribution in [0.3, 0.4) is 0 Å². The highest BCUT2D eigenvalue weighted by atomic mass is 16.6. The first-order valence-corrected chi connectivity index (χ1v) is 4.32. The largest absolute Gasteiger partial charge is 0.461 e. The minimum atomic E-state index is -0.507. The third-order valence-corrected chi connectivity index (χ3v) is 1.78. The molecule has 79 valence electrons. The van der Waals surface area contributed by atoms with Gasteiger partial charge in [-0.3, -0.25) is 14.9 Å². The molecule has 1 aromatic rings. The van der Waals surface area contributed by atoms with Crippen LogP contribution in [0.5, 0.6) is 0 Å². The molecular weight excluding hydrogens is 198 g/mol. The molecule has 0 atom stereocenters. The van der Waals surface area contributed by atoms with Crippen LogP contribution < -0.4 is 0 Å². The standard InChI is InChI=1S/C10H10NO4/c1-2-10(12)15-7-8-5-3-4-6-9(8)11(13)14/h3-6H,1-2,7H2. The zero-order valence-electron chi connectivity index (χ0n) is 8.01. The van der Waals surface area contributed by atoms with E-state index >= 15 is 0 Å². The number of ether oxygens (including phenoxy) is 1. The first-order chi connectivity index (χ1) is 7.15. The number of esters is 1. The van der Waals surface area contributed by atoms with E-state index in [0.29, 0.717) is 5.56 Å². The van der Waals surface area contributed by atoms with Crippen LogP contribution in [0.2, 0.25) is 0 Å². The summed E-state index contributed by atoms with van der Waals surface area (Å²) in [6.07, 6.45) is 0.0145. The summed E-state index contributed by atoms with van der Waals surface area (Å²) in [6, 6.07) is 6.13. The lowest BCUT2D eigenvalue weighted by Crippen LogP contribution is -2.04. The molecule has 0 saturated heterocycles. The lowest BCUT2D eigenvalue weighted by Gasteiger charge is -2.03. The molecule has 0 aliphatic rings. The van der Waals surface area contributed by atoms with Crippen molar-refractivity contribution in [3.63, 3.8) is 0 Å². The molecular formula is C10H10NO4. The minimum Gasteiger partial charge on any atom is -0.461 e. The summed E-state index contributed by atoms with van der Waals surface area (Å²) in [7, 11) is 0. The molecule has 15 heavy (non-hydrogen) atoms. The molecule has 0 N–H and O–H groups in total. The lowest BCUT2D eigenvalue weighted by molar-refractivity contribution is -0.385. The third kappa shape index (κ3) is 3.05. The second-order valence-electron chi connectivity index (χ2n) is 2.80. The molecule has 0 unspecified atom stereocenters. The Morgan fingerprint density at radius 2 is 2.13 bits per heavy atom. The van der Waals surface area contributed by atoms with Gasteiger partial charge in [0.2, 0.25) is 0 Å². The highest BCUT2D eigenvalue weighted by Gasteiger charge is 2.13. The normalized spacial score (nSPS) is 9.67. The summed E-state index contributed by atoms with van der Waals surface area (Å²) in [6.45, 7) is 3.26. The molecule has 1 rings (SSSR count). The fraction of sp³-hybridized carbons (Fsp3) is 0.200. The van der Waals surface area contributed by atoms with Crippen LogP contribution in [-0.4, -0.2) is 10.9 Å². The van der Waals surface area contributed by atoms with Gasteiger partial charge in [0.15, 0.2) is 0 Å². The maximum atomic E-state index is 10.8. The highest BCUT2D eigenvalue weighted by molar-refractivity contribution is 5.69. The number of benzene rings is 1. The van der Waals surface area contributed by atoms with Gasteiger partial charge in [0.05, 0.1) is 10.5 Å². The Hall–Kier alpha value is -1.91. The zero-order chi connectivity index (χ0) is 11.3. The van der Waals surface area contributed by atoms with Gasteiger partial charge in [0.1, 0.15) is 6.61 Å². The molecule has 0 bridgehead atoms. The Bertz CT molecular complexity index is 375. The topological polar surface area (TPSA) is 69.4 Å². The number of rotatable bonds is 4. The second kappa shape index (κ2) is 5.09. The molecule has 0 aliphatic heterocycles. The summed E-state index contributed by atoms with van der Waals surface area (Å²) in [4.78, 5) is 20.9. The van der Waals surface area contributed by atoms with E-state index < -0.39 is 10.9 Å². The van der Waals surface area contributed by atoms with Gasteiger partial charge in [-0.2, -0.15) is 0 Å². The number of nitro benzene ring substituents is 1.